The van der Waals surface area contributed by atoms with Gasteiger partial charge in [-0.25, -0.2) is 9.18 Å². The first-order valence-electron chi connectivity index (χ1n) is 7.68. The van der Waals surface area contributed by atoms with Gasteiger partial charge in [0, 0.05) is 30.3 Å². The van der Waals surface area contributed by atoms with Crippen molar-refractivity contribution in [3.63, 3.8) is 0 Å². The van der Waals surface area contributed by atoms with Crippen LogP contribution in [0, 0.1) is 5.82 Å². The number of alkyl carbamates (subject to hydrolysis) is 1. The second-order valence-corrected chi connectivity index (χ2v) is 6.56. The molecule has 0 radical (unpaired) electrons. The summed E-state index contributed by atoms with van der Waals surface area (Å²) in [6, 6.07) is 4.53. The Bertz CT molecular complexity index is 529. The summed E-state index contributed by atoms with van der Waals surface area (Å²) in [5.41, 5.74) is 0.0233. The predicted octanol–water partition coefficient (Wildman–Crippen LogP) is 3.40. The van der Waals surface area contributed by atoms with Crippen molar-refractivity contribution in [2.45, 2.75) is 52.3 Å². The van der Waals surface area contributed by atoms with Crippen molar-refractivity contribution >= 4 is 6.09 Å². The molecule has 0 aliphatic rings. The number of benzene rings is 1. The summed E-state index contributed by atoms with van der Waals surface area (Å²) in [6.07, 6.45) is -0.463. The zero-order valence-electron chi connectivity index (χ0n) is 14.7. The van der Waals surface area contributed by atoms with E-state index >= 15 is 0 Å². The fourth-order valence-corrected chi connectivity index (χ4v) is 2.11. The van der Waals surface area contributed by atoms with Crippen LogP contribution >= 0.6 is 0 Å². The Morgan fingerprint density at radius 1 is 1.30 bits per heavy atom. The fourth-order valence-electron chi connectivity index (χ4n) is 2.11. The van der Waals surface area contributed by atoms with Crippen LogP contribution in [0.15, 0.2) is 18.2 Å². The summed E-state index contributed by atoms with van der Waals surface area (Å²) < 4.78 is 24.2. The van der Waals surface area contributed by atoms with Crippen LogP contribution in [-0.4, -0.2) is 31.4 Å². The van der Waals surface area contributed by atoms with E-state index in [0.29, 0.717) is 17.9 Å². The van der Waals surface area contributed by atoms with Crippen LogP contribution in [0.3, 0.4) is 0 Å². The summed E-state index contributed by atoms with van der Waals surface area (Å²) in [5.74, 6) is 0.162. The highest BCUT2D eigenvalue weighted by Gasteiger charge is 2.18. The Hall–Kier alpha value is -1.82. The molecule has 0 aliphatic heterocycles. The van der Waals surface area contributed by atoms with Crippen molar-refractivity contribution in [2.24, 2.45) is 0 Å². The van der Waals surface area contributed by atoms with Crippen molar-refractivity contribution in [1.29, 1.82) is 0 Å². The zero-order valence-corrected chi connectivity index (χ0v) is 14.7. The van der Waals surface area contributed by atoms with Crippen LogP contribution < -0.4 is 15.4 Å². The first kappa shape index (κ1) is 19.2. The Morgan fingerprint density at radius 2 is 1.96 bits per heavy atom. The quantitative estimate of drug-likeness (QED) is 0.841. The Kier molecular flexibility index (Phi) is 6.81. The number of carbonyl (C=O) groups is 1. The predicted molar refractivity (Wildman–Crippen MR) is 88.2 cm³/mol. The van der Waals surface area contributed by atoms with Crippen LogP contribution in [0.1, 0.15) is 46.2 Å². The second-order valence-electron chi connectivity index (χ2n) is 6.56. The monoisotopic (exact) mass is 326 g/mol. The average Bonchev–Trinajstić information content (AvgIpc) is 2.43. The van der Waals surface area contributed by atoms with Gasteiger partial charge < -0.3 is 20.1 Å². The summed E-state index contributed by atoms with van der Waals surface area (Å²) >= 11 is 0. The molecule has 0 spiro atoms. The largest absolute Gasteiger partial charge is 0.497 e. The minimum Gasteiger partial charge on any atom is -0.497 e. The molecule has 0 aromatic heterocycles. The van der Waals surface area contributed by atoms with Crippen molar-refractivity contribution < 1.29 is 18.7 Å². The van der Waals surface area contributed by atoms with Crippen LogP contribution in [0.4, 0.5) is 9.18 Å². The number of methoxy groups -OCH3 is 1. The number of halogens is 1. The minimum atomic E-state index is -0.528. The molecule has 0 saturated heterocycles. The lowest BCUT2D eigenvalue weighted by Crippen LogP contribution is -2.42. The first-order chi connectivity index (χ1) is 10.6. The van der Waals surface area contributed by atoms with E-state index in [4.69, 9.17) is 9.47 Å². The maximum atomic E-state index is 14.0. The maximum Gasteiger partial charge on any atom is 0.407 e. The standard InChI is InChI=1S/C17H27FN2O3/c1-11(10-19-16(21)23-17(3,4)5)20-12(2)14-8-7-13(22-6)9-15(14)18/h7-9,11-12,20H,10H2,1-6H3,(H,19,21). The molecule has 2 unspecified atom stereocenters. The van der Waals surface area contributed by atoms with E-state index in [9.17, 15) is 9.18 Å². The van der Waals surface area contributed by atoms with Gasteiger partial charge in [0.25, 0.3) is 0 Å². The number of nitrogens with one attached hydrogen (secondary N) is 2. The van der Waals surface area contributed by atoms with E-state index in [0.717, 1.165) is 0 Å². The Balaban J connectivity index is 2.50. The van der Waals surface area contributed by atoms with Gasteiger partial charge in [-0.2, -0.15) is 0 Å². The van der Waals surface area contributed by atoms with Crippen LogP contribution in [0.25, 0.3) is 0 Å². The van der Waals surface area contributed by atoms with E-state index in [1.165, 1.54) is 13.2 Å². The first-order valence-corrected chi connectivity index (χ1v) is 7.68. The van der Waals surface area contributed by atoms with Gasteiger partial charge in [0.2, 0.25) is 0 Å². The van der Waals surface area contributed by atoms with Gasteiger partial charge >= 0.3 is 6.09 Å². The molecule has 1 rings (SSSR count). The van der Waals surface area contributed by atoms with E-state index in [2.05, 4.69) is 10.6 Å². The van der Waals surface area contributed by atoms with E-state index in [-0.39, 0.29) is 17.9 Å². The Morgan fingerprint density at radius 3 is 2.48 bits per heavy atom. The summed E-state index contributed by atoms with van der Waals surface area (Å²) in [4.78, 5) is 11.6. The molecule has 1 amide bonds. The van der Waals surface area contributed by atoms with Gasteiger partial charge in [0.15, 0.2) is 0 Å². The molecule has 1 aromatic rings. The molecule has 2 N–H and O–H groups in total. The topological polar surface area (TPSA) is 59.6 Å². The molecular formula is C17H27FN2O3. The molecule has 23 heavy (non-hydrogen) atoms. The van der Waals surface area contributed by atoms with Gasteiger partial charge in [0.05, 0.1) is 7.11 Å². The van der Waals surface area contributed by atoms with Crippen LogP contribution in [0.5, 0.6) is 5.75 Å². The van der Waals surface area contributed by atoms with Crippen molar-refractivity contribution in [2.75, 3.05) is 13.7 Å². The summed E-state index contributed by atoms with van der Waals surface area (Å²) in [7, 11) is 1.50. The van der Waals surface area contributed by atoms with Gasteiger partial charge in [-0.05, 0) is 40.7 Å². The third-order valence-corrected chi connectivity index (χ3v) is 3.16. The summed E-state index contributed by atoms with van der Waals surface area (Å²) in [6.45, 7) is 9.59. The van der Waals surface area contributed by atoms with Gasteiger partial charge in [-0.15, -0.1) is 0 Å². The van der Waals surface area contributed by atoms with Crippen molar-refractivity contribution in [3.8, 4) is 5.75 Å². The van der Waals surface area contributed by atoms with Crippen LogP contribution in [0.2, 0.25) is 0 Å². The van der Waals surface area contributed by atoms with E-state index < -0.39 is 11.7 Å². The van der Waals surface area contributed by atoms with Crippen molar-refractivity contribution in [1.82, 2.24) is 10.6 Å². The SMILES string of the molecule is COc1ccc(C(C)NC(C)CNC(=O)OC(C)(C)C)c(F)c1. The summed E-state index contributed by atoms with van der Waals surface area (Å²) in [5, 5.41) is 5.93. The minimum absolute atomic E-state index is 0.0426. The van der Waals surface area contributed by atoms with E-state index in [1.807, 2.05) is 34.6 Å². The number of rotatable bonds is 6. The third-order valence-electron chi connectivity index (χ3n) is 3.16. The molecular weight excluding hydrogens is 299 g/mol. The normalized spacial score (nSPS) is 14.0. The molecule has 0 fully saturated rings. The number of ether oxygens (including phenoxy) is 2. The maximum absolute atomic E-state index is 14.0. The number of amides is 1. The molecule has 5 nitrogen and oxygen atoms in total. The van der Waals surface area contributed by atoms with Gasteiger partial charge in [-0.3, -0.25) is 0 Å². The molecule has 2 atom stereocenters. The lowest BCUT2D eigenvalue weighted by atomic mass is 10.1. The highest BCUT2D eigenvalue weighted by molar-refractivity contribution is 5.67. The molecule has 0 saturated carbocycles. The molecule has 0 aliphatic carbocycles. The fraction of sp³-hybridized carbons (Fsp3) is 0.588. The number of hydrogen-bond acceptors (Lipinski definition) is 4. The molecule has 6 heteroatoms. The van der Waals surface area contributed by atoms with E-state index in [1.54, 1.807) is 12.1 Å². The van der Waals surface area contributed by atoms with Gasteiger partial charge in [-0.1, -0.05) is 6.07 Å². The molecule has 1 aromatic carbocycles. The highest BCUT2D eigenvalue weighted by Crippen LogP contribution is 2.21. The van der Waals surface area contributed by atoms with Crippen molar-refractivity contribution in [3.05, 3.63) is 29.6 Å². The smallest absolute Gasteiger partial charge is 0.407 e. The number of carbonyl (C=O) groups excluding carboxylic acids is 1. The Labute approximate surface area is 137 Å². The lowest BCUT2D eigenvalue weighted by Gasteiger charge is -2.23. The second kappa shape index (κ2) is 8.15. The number of hydrogen-bond donors (Lipinski definition) is 2. The molecule has 130 valence electrons. The lowest BCUT2D eigenvalue weighted by molar-refractivity contribution is 0.0522. The van der Waals surface area contributed by atoms with Gasteiger partial charge in [0.1, 0.15) is 17.2 Å². The van der Waals surface area contributed by atoms with Crippen LogP contribution in [-0.2, 0) is 4.74 Å². The molecule has 0 bridgehead atoms. The third kappa shape index (κ3) is 6.86. The molecule has 0 heterocycles. The zero-order chi connectivity index (χ0) is 17.6. The highest BCUT2D eigenvalue weighted by atomic mass is 19.1. The average molecular weight is 326 g/mol.